The molecule has 2 aromatic rings. The maximum absolute atomic E-state index is 13.4. The Balaban J connectivity index is 1.30. The van der Waals surface area contributed by atoms with E-state index in [0.717, 1.165) is 50.0 Å². The first-order valence-electron chi connectivity index (χ1n) is 13.0. The van der Waals surface area contributed by atoms with E-state index in [-0.39, 0.29) is 24.1 Å². The van der Waals surface area contributed by atoms with Crippen molar-refractivity contribution in [3.63, 3.8) is 0 Å². The van der Waals surface area contributed by atoms with Crippen LogP contribution < -0.4 is 5.32 Å². The molecule has 2 fully saturated rings. The number of ether oxygens (including phenoxy) is 2. The van der Waals surface area contributed by atoms with E-state index in [9.17, 15) is 9.59 Å². The highest BCUT2D eigenvalue weighted by molar-refractivity contribution is 6.33. The van der Waals surface area contributed by atoms with Gasteiger partial charge in [-0.3, -0.25) is 4.79 Å². The Labute approximate surface area is 222 Å². The minimum Gasteiger partial charge on any atom is -0.444 e. The summed E-state index contributed by atoms with van der Waals surface area (Å²) in [5.74, 6) is 0.474. The molecule has 1 N–H and O–H groups in total. The van der Waals surface area contributed by atoms with Gasteiger partial charge in [-0.15, -0.1) is 0 Å². The lowest BCUT2D eigenvalue weighted by atomic mass is 10.0. The van der Waals surface area contributed by atoms with Crippen molar-refractivity contribution >= 4 is 29.5 Å². The summed E-state index contributed by atoms with van der Waals surface area (Å²) in [4.78, 5) is 38.7. The van der Waals surface area contributed by atoms with Crippen molar-refractivity contribution in [3.05, 3.63) is 40.5 Å². The summed E-state index contributed by atoms with van der Waals surface area (Å²) >= 11 is 6.48. The molecule has 4 heterocycles. The smallest absolute Gasteiger partial charge is 0.410 e. The van der Waals surface area contributed by atoms with Crippen LogP contribution in [0.15, 0.2) is 24.4 Å². The van der Waals surface area contributed by atoms with Gasteiger partial charge in [0, 0.05) is 50.0 Å². The van der Waals surface area contributed by atoms with Crippen molar-refractivity contribution in [2.24, 2.45) is 0 Å². The Hall–Kier alpha value is -2.91. The van der Waals surface area contributed by atoms with Crippen LogP contribution in [0.2, 0.25) is 5.02 Å². The molecular weight excluding hydrogens is 494 g/mol. The van der Waals surface area contributed by atoms with Crippen LogP contribution in [0.3, 0.4) is 0 Å². The van der Waals surface area contributed by atoms with Gasteiger partial charge in [0.05, 0.1) is 23.0 Å². The first kappa shape index (κ1) is 25.7. The van der Waals surface area contributed by atoms with Gasteiger partial charge in [-0.2, -0.15) is 0 Å². The Bertz CT molecular complexity index is 1180. The maximum Gasteiger partial charge on any atom is 0.410 e. The molecule has 3 aliphatic rings. The zero-order valence-electron chi connectivity index (χ0n) is 21.6. The number of amides is 2. The van der Waals surface area contributed by atoms with Gasteiger partial charge in [0.2, 0.25) is 5.95 Å². The zero-order chi connectivity index (χ0) is 26.2. The molecule has 1 atom stereocenters. The number of likely N-dealkylation sites (tertiary alicyclic amines) is 1. The average Bonchev–Trinajstić information content (AvgIpc) is 3.44. The first-order valence-corrected chi connectivity index (χ1v) is 13.3. The number of halogens is 1. The highest BCUT2D eigenvalue weighted by Gasteiger charge is 2.36. The molecule has 2 saturated heterocycles. The molecule has 3 aliphatic heterocycles. The van der Waals surface area contributed by atoms with E-state index in [1.165, 1.54) is 0 Å². The Kier molecular flexibility index (Phi) is 7.27. The third kappa shape index (κ3) is 5.83. The lowest BCUT2D eigenvalue weighted by Crippen LogP contribution is -2.45. The van der Waals surface area contributed by atoms with Crippen LogP contribution in [-0.4, -0.2) is 75.8 Å². The van der Waals surface area contributed by atoms with E-state index in [4.69, 9.17) is 21.1 Å². The molecule has 1 aromatic heterocycles. The highest BCUT2D eigenvalue weighted by Crippen LogP contribution is 2.33. The second-order valence-electron chi connectivity index (χ2n) is 10.9. The summed E-state index contributed by atoms with van der Waals surface area (Å²) in [6.45, 7) is 8.67. The fourth-order valence-corrected chi connectivity index (χ4v) is 5.36. The van der Waals surface area contributed by atoms with Gasteiger partial charge in [0.15, 0.2) is 0 Å². The fraction of sp³-hybridized carbons (Fsp3) is 0.556. The summed E-state index contributed by atoms with van der Waals surface area (Å²) in [6.07, 6.45) is 4.83. The van der Waals surface area contributed by atoms with Crippen LogP contribution in [0.4, 0.5) is 10.7 Å². The molecular formula is C27H34ClN5O4. The van der Waals surface area contributed by atoms with Gasteiger partial charge >= 0.3 is 6.09 Å². The van der Waals surface area contributed by atoms with E-state index in [1.807, 2.05) is 43.9 Å². The minimum atomic E-state index is -0.553. The van der Waals surface area contributed by atoms with Gasteiger partial charge in [-0.05, 0) is 58.1 Å². The van der Waals surface area contributed by atoms with Crippen molar-refractivity contribution in [2.75, 3.05) is 31.6 Å². The van der Waals surface area contributed by atoms with Crippen LogP contribution in [0.25, 0.3) is 11.3 Å². The number of hydrogen-bond donors (Lipinski definition) is 1. The third-order valence-electron chi connectivity index (χ3n) is 7.00. The third-order valence-corrected chi connectivity index (χ3v) is 7.27. The SMILES string of the molecule is CC(C)(C)OC(=O)N1CCCC1CN1Cc2ccc(-c3nc(NC4CCOCC4)ncc3Cl)cc2C1=O. The lowest BCUT2D eigenvalue weighted by Gasteiger charge is -2.30. The molecule has 0 spiro atoms. The Morgan fingerprint density at radius 3 is 2.78 bits per heavy atom. The minimum absolute atomic E-state index is 0.0429. The van der Waals surface area contributed by atoms with Crippen molar-refractivity contribution in [2.45, 2.75) is 70.7 Å². The molecule has 0 bridgehead atoms. The number of hydrogen-bond acceptors (Lipinski definition) is 7. The number of benzene rings is 1. The molecule has 5 rings (SSSR count). The number of aromatic nitrogens is 2. The van der Waals surface area contributed by atoms with E-state index in [1.54, 1.807) is 11.1 Å². The van der Waals surface area contributed by atoms with E-state index in [0.29, 0.717) is 41.9 Å². The number of carbonyl (C=O) groups excluding carboxylic acids is 2. The van der Waals surface area contributed by atoms with E-state index >= 15 is 0 Å². The topological polar surface area (TPSA) is 96.9 Å². The second kappa shape index (κ2) is 10.5. The van der Waals surface area contributed by atoms with Crippen molar-refractivity contribution in [1.29, 1.82) is 0 Å². The second-order valence-corrected chi connectivity index (χ2v) is 11.4. The first-order chi connectivity index (χ1) is 17.7. The summed E-state index contributed by atoms with van der Waals surface area (Å²) in [5, 5.41) is 3.80. The molecule has 9 nitrogen and oxygen atoms in total. The molecule has 37 heavy (non-hydrogen) atoms. The number of carbonyl (C=O) groups is 2. The predicted molar refractivity (Wildman–Crippen MR) is 141 cm³/mol. The summed E-state index contributed by atoms with van der Waals surface area (Å²) in [5.41, 5.74) is 2.41. The Morgan fingerprint density at radius 1 is 1.24 bits per heavy atom. The number of anilines is 1. The van der Waals surface area contributed by atoms with Gasteiger partial charge in [0.25, 0.3) is 5.91 Å². The molecule has 1 unspecified atom stereocenters. The van der Waals surface area contributed by atoms with Crippen LogP contribution in [0.1, 0.15) is 62.4 Å². The number of nitrogens with one attached hydrogen (secondary N) is 1. The van der Waals surface area contributed by atoms with Crippen molar-refractivity contribution in [1.82, 2.24) is 19.8 Å². The fourth-order valence-electron chi connectivity index (χ4n) is 5.16. The monoisotopic (exact) mass is 527 g/mol. The standard InChI is InChI=1S/C27H34ClN5O4/c1-27(2,3)37-26(35)33-10-4-5-20(33)16-32-15-18-7-6-17(13-21(18)24(32)34)23-22(28)14-29-25(31-23)30-19-8-11-36-12-9-19/h6-7,13-14,19-20H,4-5,8-12,15-16H2,1-3H3,(H,29,30,31). The number of nitrogens with zero attached hydrogens (tertiary/aromatic N) is 4. The largest absolute Gasteiger partial charge is 0.444 e. The van der Waals surface area contributed by atoms with Crippen LogP contribution in [-0.2, 0) is 16.0 Å². The summed E-state index contributed by atoms with van der Waals surface area (Å²) in [6, 6.07) is 5.98. The average molecular weight is 528 g/mol. The molecule has 198 valence electrons. The molecule has 10 heteroatoms. The summed E-state index contributed by atoms with van der Waals surface area (Å²) in [7, 11) is 0. The van der Waals surface area contributed by atoms with Gasteiger partial charge in [-0.1, -0.05) is 23.7 Å². The lowest BCUT2D eigenvalue weighted by molar-refractivity contribution is 0.0193. The molecule has 0 radical (unpaired) electrons. The maximum atomic E-state index is 13.4. The summed E-state index contributed by atoms with van der Waals surface area (Å²) < 4.78 is 11.0. The highest BCUT2D eigenvalue weighted by atomic mass is 35.5. The van der Waals surface area contributed by atoms with E-state index < -0.39 is 5.60 Å². The normalized spacial score (nSPS) is 20.3. The number of fused-ring (bicyclic) bond motifs is 1. The van der Waals surface area contributed by atoms with Crippen LogP contribution >= 0.6 is 11.6 Å². The quantitative estimate of drug-likeness (QED) is 0.599. The van der Waals surface area contributed by atoms with Crippen LogP contribution in [0, 0.1) is 0 Å². The molecule has 0 aliphatic carbocycles. The van der Waals surface area contributed by atoms with E-state index in [2.05, 4.69) is 15.3 Å². The Morgan fingerprint density at radius 2 is 2.03 bits per heavy atom. The van der Waals surface area contributed by atoms with Gasteiger partial charge in [0.1, 0.15) is 5.60 Å². The zero-order valence-corrected chi connectivity index (χ0v) is 22.4. The predicted octanol–water partition coefficient (Wildman–Crippen LogP) is 4.74. The van der Waals surface area contributed by atoms with Crippen LogP contribution in [0.5, 0.6) is 0 Å². The molecule has 0 saturated carbocycles. The molecule has 2 amide bonds. The number of rotatable bonds is 5. The molecule has 1 aromatic carbocycles. The van der Waals surface area contributed by atoms with Crippen molar-refractivity contribution < 1.29 is 19.1 Å². The van der Waals surface area contributed by atoms with Gasteiger partial charge < -0.3 is 24.6 Å². The van der Waals surface area contributed by atoms with Gasteiger partial charge in [-0.25, -0.2) is 14.8 Å². The van der Waals surface area contributed by atoms with Crippen molar-refractivity contribution in [3.8, 4) is 11.3 Å².